The average molecular weight is 397 g/mol. The SMILES string of the molecule is CC(C)OC(=O)[C@@H](C)n1cnc2scc(-c3ccc4c(c3)CCCC4)c2c1=O. The Labute approximate surface area is 168 Å². The lowest BCUT2D eigenvalue weighted by Crippen LogP contribution is -2.30. The summed E-state index contributed by atoms with van der Waals surface area (Å²) < 4.78 is 6.64. The molecule has 0 radical (unpaired) electrons. The fourth-order valence-electron chi connectivity index (χ4n) is 3.78. The van der Waals surface area contributed by atoms with Crippen LogP contribution in [0.15, 0.2) is 34.7 Å². The van der Waals surface area contributed by atoms with Gasteiger partial charge in [-0.1, -0.05) is 18.2 Å². The van der Waals surface area contributed by atoms with E-state index in [4.69, 9.17) is 4.74 Å². The van der Waals surface area contributed by atoms with Crippen LogP contribution in [0.4, 0.5) is 0 Å². The molecular weight excluding hydrogens is 372 g/mol. The van der Waals surface area contributed by atoms with Gasteiger partial charge in [0.05, 0.1) is 17.8 Å². The number of nitrogens with zero attached hydrogens (tertiary/aromatic N) is 2. The van der Waals surface area contributed by atoms with Crippen LogP contribution in [-0.4, -0.2) is 21.6 Å². The van der Waals surface area contributed by atoms with Gasteiger partial charge in [-0.05, 0) is 63.1 Å². The Hall–Kier alpha value is -2.47. The van der Waals surface area contributed by atoms with Crippen molar-refractivity contribution in [3.63, 3.8) is 0 Å². The van der Waals surface area contributed by atoms with E-state index < -0.39 is 12.0 Å². The molecule has 0 spiro atoms. The Morgan fingerprint density at radius 2 is 1.93 bits per heavy atom. The molecular formula is C22H24N2O3S. The number of aryl methyl sites for hydroxylation is 2. The Balaban J connectivity index is 1.79. The lowest BCUT2D eigenvalue weighted by Gasteiger charge is -2.17. The number of aromatic nitrogens is 2. The van der Waals surface area contributed by atoms with Gasteiger partial charge in [0, 0.05) is 10.9 Å². The lowest BCUT2D eigenvalue weighted by molar-refractivity contribution is -0.151. The summed E-state index contributed by atoms with van der Waals surface area (Å²) in [6, 6.07) is 5.77. The number of hydrogen-bond donors (Lipinski definition) is 0. The first-order chi connectivity index (χ1) is 13.5. The van der Waals surface area contributed by atoms with E-state index in [1.54, 1.807) is 20.8 Å². The number of rotatable bonds is 4. The number of benzene rings is 1. The van der Waals surface area contributed by atoms with Gasteiger partial charge in [-0.15, -0.1) is 11.3 Å². The van der Waals surface area contributed by atoms with Crippen LogP contribution in [0, 0.1) is 0 Å². The molecule has 1 aliphatic carbocycles. The molecule has 0 N–H and O–H groups in total. The maximum absolute atomic E-state index is 13.2. The summed E-state index contributed by atoms with van der Waals surface area (Å²) in [5.41, 5.74) is 4.52. The van der Waals surface area contributed by atoms with Crippen molar-refractivity contribution in [1.82, 2.24) is 9.55 Å². The van der Waals surface area contributed by atoms with Crippen LogP contribution in [0.2, 0.25) is 0 Å². The van der Waals surface area contributed by atoms with Gasteiger partial charge in [-0.3, -0.25) is 9.36 Å². The molecule has 5 nitrogen and oxygen atoms in total. The summed E-state index contributed by atoms with van der Waals surface area (Å²) in [6.45, 7) is 5.26. The van der Waals surface area contributed by atoms with Crippen molar-refractivity contribution < 1.29 is 9.53 Å². The molecule has 0 amide bonds. The minimum atomic E-state index is -0.719. The van der Waals surface area contributed by atoms with Crippen LogP contribution in [0.1, 0.15) is 50.8 Å². The molecule has 0 fully saturated rings. The molecule has 146 valence electrons. The van der Waals surface area contributed by atoms with Gasteiger partial charge in [0.15, 0.2) is 0 Å². The normalized spacial score (nSPS) is 14.9. The summed E-state index contributed by atoms with van der Waals surface area (Å²) in [5, 5.41) is 2.57. The first kappa shape index (κ1) is 18.9. The molecule has 3 aromatic rings. The lowest BCUT2D eigenvalue weighted by atomic mass is 9.89. The highest BCUT2D eigenvalue weighted by molar-refractivity contribution is 7.17. The molecule has 0 saturated carbocycles. The van der Waals surface area contributed by atoms with Gasteiger partial charge >= 0.3 is 5.97 Å². The molecule has 28 heavy (non-hydrogen) atoms. The van der Waals surface area contributed by atoms with Crippen molar-refractivity contribution in [2.75, 3.05) is 0 Å². The van der Waals surface area contributed by atoms with E-state index in [0.717, 1.165) is 24.0 Å². The number of thiophene rings is 1. The third-order valence-corrected chi connectivity index (χ3v) is 6.18. The van der Waals surface area contributed by atoms with Gasteiger partial charge in [-0.2, -0.15) is 0 Å². The maximum Gasteiger partial charge on any atom is 0.329 e. The van der Waals surface area contributed by atoms with Crippen molar-refractivity contribution >= 4 is 27.5 Å². The molecule has 6 heteroatoms. The summed E-state index contributed by atoms with van der Waals surface area (Å²) in [7, 11) is 0. The third-order valence-electron chi connectivity index (χ3n) is 5.29. The quantitative estimate of drug-likeness (QED) is 0.609. The molecule has 2 aromatic heterocycles. The van der Waals surface area contributed by atoms with Gasteiger partial charge in [0.1, 0.15) is 10.9 Å². The number of hydrogen-bond acceptors (Lipinski definition) is 5. The molecule has 1 atom stereocenters. The first-order valence-electron chi connectivity index (χ1n) is 9.76. The van der Waals surface area contributed by atoms with Gasteiger partial charge < -0.3 is 4.74 Å². The third kappa shape index (κ3) is 3.37. The molecule has 2 heterocycles. The monoisotopic (exact) mass is 396 g/mol. The van der Waals surface area contributed by atoms with E-state index in [1.165, 1.54) is 46.2 Å². The highest BCUT2D eigenvalue weighted by Gasteiger charge is 2.22. The van der Waals surface area contributed by atoms with E-state index in [0.29, 0.717) is 10.2 Å². The van der Waals surface area contributed by atoms with Crippen molar-refractivity contribution in [1.29, 1.82) is 0 Å². The van der Waals surface area contributed by atoms with E-state index >= 15 is 0 Å². The Kier molecular flexibility index (Phi) is 5.06. The molecule has 1 aliphatic rings. The van der Waals surface area contributed by atoms with Gasteiger partial charge in [0.25, 0.3) is 5.56 Å². The number of fused-ring (bicyclic) bond motifs is 2. The number of carbonyl (C=O) groups excluding carboxylic acids is 1. The summed E-state index contributed by atoms with van der Waals surface area (Å²) in [4.78, 5) is 30.6. The predicted molar refractivity (Wildman–Crippen MR) is 112 cm³/mol. The molecule has 0 bridgehead atoms. The first-order valence-corrected chi connectivity index (χ1v) is 10.6. The standard InChI is InChI=1S/C22H24N2O3S/c1-13(2)27-22(26)14(3)24-12-23-20-19(21(24)25)18(11-28-20)17-9-8-15-6-4-5-7-16(15)10-17/h8-14H,4-7H2,1-3H3/t14-/m1/s1. The fraction of sp³-hybridized carbons (Fsp3) is 0.409. The van der Waals surface area contributed by atoms with Crippen LogP contribution in [0.3, 0.4) is 0 Å². The summed E-state index contributed by atoms with van der Waals surface area (Å²) >= 11 is 1.46. The van der Waals surface area contributed by atoms with E-state index in [-0.39, 0.29) is 11.7 Å². The van der Waals surface area contributed by atoms with E-state index in [9.17, 15) is 9.59 Å². The van der Waals surface area contributed by atoms with Crippen molar-refractivity contribution in [3.8, 4) is 11.1 Å². The van der Waals surface area contributed by atoms with Gasteiger partial charge in [-0.25, -0.2) is 9.78 Å². The van der Waals surface area contributed by atoms with Crippen molar-refractivity contribution in [3.05, 3.63) is 51.4 Å². The smallest absolute Gasteiger partial charge is 0.329 e. The zero-order valence-electron chi connectivity index (χ0n) is 16.4. The topological polar surface area (TPSA) is 61.2 Å². The van der Waals surface area contributed by atoms with Crippen LogP contribution in [-0.2, 0) is 22.4 Å². The molecule has 0 unspecified atom stereocenters. The molecule has 1 aromatic carbocycles. The van der Waals surface area contributed by atoms with Crippen LogP contribution >= 0.6 is 11.3 Å². The predicted octanol–water partition coefficient (Wildman–Crippen LogP) is 4.52. The minimum absolute atomic E-state index is 0.202. The van der Waals surface area contributed by atoms with Crippen molar-refractivity contribution in [2.45, 2.75) is 58.6 Å². The Morgan fingerprint density at radius 3 is 2.68 bits per heavy atom. The molecule has 0 aliphatic heterocycles. The summed E-state index contributed by atoms with van der Waals surface area (Å²) in [5.74, 6) is -0.427. The van der Waals surface area contributed by atoms with Crippen LogP contribution in [0.25, 0.3) is 21.3 Å². The minimum Gasteiger partial charge on any atom is -0.461 e. The number of ether oxygens (including phenoxy) is 1. The van der Waals surface area contributed by atoms with Gasteiger partial charge in [0.2, 0.25) is 0 Å². The Bertz CT molecular complexity index is 1100. The molecule has 0 saturated heterocycles. The molecule has 4 rings (SSSR count). The zero-order chi connectivity index (χ0) is 19.8. The van der Waals surface area contributed by atoms with Crippen LogP contribution < -0.4 is 5.56 Å². The highest BCUT2D eigenvalue weighted by Crippen LogP contribution is 2.33. The second-order valence-electron chi connectivity index (χ2n) is 7.64. The number of carbonyl (C=O) groups is 1. The highest BCUT2D eigenvalue weighted by atomic mass is 32.1. The fourth-order valence-corrected chi connectivity index (χ4v) is 4.69. The zero-order valence-corrected chi connectivity index (χ0v) is 17.2. The Morgan fingerprint density at radius 1 is 1.18 bits per heavy atom. The van der Waals surface area contributed by atoms with E-state index in [1.807, 2.05) is 5.38 Å². The summed E-state index contributed by atoms with van der Waals surface area (Å²) in [6.07, 6.45) is 5.89. The maximum atomic E-state index is 13.2. The van der Waals surface area contributed by atoms with Crippen LogP contribution in [0.5, 0.6) is 0 Å². The average Bonchev–Trinajstić information content (AvgIpc) is 3.12. The second-order valence-corrected chi connectivity index (χ2v) is 8.50. The largest absolute Gasteiger partial charge is 0.461 e. The number of esters is 1. The van der Waals surface area contributed by atoms with Crippen molar-refractivity contribution in [2.24, 2.45) is 0 Å². The second kappa shape index (κ2) is 7.51. The van der Waals surface area contributed by atoms with E-state index in [2.05, 4.69) is 23.2 Å².